The number of hydrogen-bond donors (Lipinski definition) is 1. The van der Waals surface area contributed by atoms with Crippen LogP contribution in [0.5, 0.6) is 11.5 Å². The van der Waals surface area contributed by atoms with Crippen LogP contribution >= 0.6 is 0 Å². The van der Waals surface area contributed by atoms with Crippen molar-refractivity contribution in [3.05, 3.63) is 95.6 Å². The van der Waals surface area contributed by atoms with Crippen molar-refractivity contribution in [3.63, 3.8) is 0 Å². The molecule has 0 unspecified atom stereocenters. The van der Waals surface area contributed by atoms with Crippen LogP contribution in [0, 0.1) is 0 Å². The van der Waals surface area contributed by atoms with E-state index in [4.69, 9.17) is 18.9 Å². The second-order valence-electron chi connectivity index (χ2n) is 8.03. The summed E-state index contributed by atoms with van der Waals surface area (Å²) in [6.07, 6.45) is 0.790. The van der Waals surface area contributed by atoms with Crippen LogP contribution in [0.4, 0.5) is 0 Å². The first-order valence-electron chi connectivity index (χ1n) is 11.0. The van der Waals surface area contributed by atoms with Gasteiger partial charge in [0.05, 0.1) is 26.4 Å². The van der Waals surface area contributed by atoms with E-state index < -0.39 is 6.10 Å². The first-order valence-corrected chi connectivity index (χ1v) is 11.0. The standard InChI is InChI=1S/C27H30O5/c1-29-23-12-9-22(10-13-23)17-30-19-26-27(32-26)25(28)16-11-20-7-14-24(15-8-20)31-18-21-5-3-2-4-6-21/h2-10,12-15,25-28H,11,16-19H2,1H3/t25-,26-,27-/m0/s1. The van der Waals surface area contributed by atoms with Crippen LogP contribution in [0.3, 0.4) is 0 Å². The van der Waals surface area contributed by atoms with Crippen molar-refractivity contribution >= 4 is 0 Å². The Bertz CT molecular complexity index is 940. The number of rotatable bonds is 12. The van der Waals surface area contributed by atoms with Gasteiger partial charge >= 0.3 is 0 Å². The summed E-state index contributed by atoms with van der Waals surface area (Å²) in [5, 5.41) is 10.4. The van der Waals surface area contributed by atoms with E-state index in [0.29, 0.717) is 26.2 Å². The quantitative estimate of drug-likeness (QED) is 0.424. The van der Waals surface area contributed by atoms with Gasteiger partial charge in [0.1, 0.15) is 30.3 Å². The smallest absolute Gasteiger partial charge is 0.119 e. The molecule has 1 aliphatic heterocycles. The first kappa shape index (κ1) is 22.3. The van der Waals surface area contributed by atoms with Crippen LogP contribution in [0.1, 0.15) is 23.1 Å². The highest BCUT2D eigenvalue weighted by Crippen LogP contribution is 2.28. The van der Waals surface area contributed by atoms with E-state index in [-0.39, 0.29) is 12.2 Å². The summed E-state index contributed by atoms with van der Waals surface area (Å²) in [6.45, 7) is 1.56. The predicted molar refractivity (Wildman–Crippen MR) is 123 cm³/mol. The van der Waals surface area contributed by atoms with Gasteiger partial charge in [-0.3, -0.25) is 0 Å². The zero-order valence-electron chi connectivity index (χ0n) is 18.4. The SMILES string of the molecule is COc1ccc(COC[C@@H]2O[C@H]2[C@@H](O)CCc2ccc(OCc3ccccc3)cc2)cc1. The fraction of sp³-hybridized carbons (Fsp3) is 0.333. The zero-order valence-corrected chi connectivity index (χ0v) is 18.4. The second kappa shape index (κ2) is 11.1. The van der Waals surface area contributed by atoms with Crippen LogP contribution in [0.2, 0.25) is 0 Å². The summed E-state index contributed by atoms with van der Waals surface area (Å²) < 4.78 is 22.3. The van der Waals surface area contributed by atoms with Gasteiger partial charge in [0.15, 0.2) is 0 Å². The van der Waals surface area contributed by atoms with Crippen LogP contribution in [-0.2, 0) is 29.1 Å². The fourth-order valence-electron chi connectivity index (χ4n) is 3.62. The van der Waals surface area contributed by atoms with Gasteiger partial charge in [-0.25, -0.2) is 0 Å². The molecule has 4 rings (SSSR count). The van der Waals surface area contributed by atoms with Crippen LogP contribution in [-0.4, -0.2) is 37.1 Å². The molecule has 0 saturated carbocycles. The van der Waals surface area contributed by atoms with Crippen molar-refractivity contribution in [2.75, 3.05) is 13.7 Å². The van der Waals surface area contributed by atoms with Crippen molar-refractivity contribution in [2.24, 2.45) is 0 Å². The number of hydrogen-bond acceptors (Lipinski definition) is 5. The number of ether oxygens (including phenoxy) is 4. The van der Waals surface area contributed by atoms with Crippen molar-refractivity contribution in [2.45, 2.75) is 44.4 Å². The second-order valence-corrected chi connectivity index (χ2v) is 8.03. The molecular formula is C27H30O5. The first-order chi connectivity index (χ1) is 15.7. The average molecular weight is 435 g/mol. The number of methoxy groups -OCH3 is 1. The maximum absolute atomic E-state index is 10.4. The van der Waals surface area contributed by atoms with Gasteiger partial charge in [-0.05, 0) is 53.8 Å². The van der Waals surface area contributed by atoms with Gasteiger partial charge in [-0.15, -0.1) is 0 Å². The molecule has 0 spiro atoms. The highest BCUT2D eigenvalue weighted by atomic mass is 16.6. The highest BCUT2D eigenvalue weighted by Gasteiger charge is 2.44. The van der Waals surface area contributed by atoms with Gasteiger partial charge in [-0.2, -0.15) is 0 Å². The Morgan fingerprint density at radius 1 is 0.812 bits per heavy atom. The normalized spacial score (nSPS) is 18.2. The largest absolute Gasteiger partial charge is 0.497 e. The molecule has 0 radical (unpaired) electrons. The summed E-state index contributed by atoms with van der Waals surface area (Å²) in [5.74, 6) is 1.68. The molecule has 1 fully saturated rings. The number of aliphatic hydroxyl groups is 1. The number of aliphatic hydroxyl groups excluding tert-OH is 1. The van der Waals surface area contributed by atoms with E-state index in [2.05, 4.69) is 12.1 Å². The average Bonchev–Trinajstić information content (AvgIpc) is 3.63. The summed E-state index contributed by atoms with van der Waals surface area (Å²) >= 11 is 0. The number of benzene rings is 3. The number of aryl methyl sites for hydroxylation is 1. The van der Waals surface area contributed by atoms with Gasteiger partial charge in [0.25, 0.3) is 0 Å². The van der Waals surface area contributed by atoms with Crippen molar-refractivity contribution in [1.82, 2.24) is 0 Å². The lowest BCUT2D eigenvalue weighted by atomic mass is 10.0. The third-order valence-corrected chi connectivity index (χ3v) is 5.61. The van der Waals surface area contributed by atoms with Gasteiger partial charge < -0.3 is 24.1 Å². The molecule has 1 saturated heterocycles. The van der Waals surface area contributed by atoms with E-state index in [1.807, 2.05) is 66.7 Å². The molecule has 3 aromatic carbocycles. The molecule has 0 bridgehead atoms. The molecule has 1 N–H and O–H groups in total. The Hall–Kier alpha value is -2.86. The van der Waals surface area contributed by atoms with E-state index in [9.17, 15) is 5.11 Å². The van der Waals surface area contributed by atoms with Gasteiger partial charge in [0.2, 0.25) is 0 Å². The highest BCUT2D eigenvalue weighted by molar-refractivity contribution is 5.28. The Balaban J connectivity index is 1.12. The van der Waals surface area contributed by atoms with Crippen LogP contribution in [0.25, 0.3) is 0 Å². The van der Waals surface area contributed by atoms with E-state index >= 15 is 0 Å². The minimum atomic E-state index is -0.487. The molecule has 1 heterocycles. The maximum atomic E-state index is 10.4. The molecule has 168 valence electrons. The van der Waals surface area contributed by atoms with Crippen LogP contribution in [0.15, 0.2) is 78.9 Å². The third kappa shape index (κ3) is 6.57. The van der Waals surface area contributed by atoms with Crippen molar-refractivity contribution in [1.29, 1.82) is 0 Å². The van der Waals surface area contributed by atoms with E-state index in [0.717, 1.165) is 29.0 Å². The summed E-state index contributed by atoms with van der Waals surface area (Å²) in [4.78, 5) is 0. The lowest BCUT2D eigenvalue weighted by Gasteiger charge is -2.10. The molecule has 0 amide bonds. The summed E-state index contributed by atoms with van der Waals surface area (Å²) in [5.41, 5.74) is 3.40. The topological polar surface area (TPSA) is 60.5 Å². The Morgan fingerprint density at radius 2 is 1.47 bits per heavy atom. The van der Waals surface area contributed by atoms with Crippen LogP contribution < -0.4 is 9.47 Å². The predicted octanol–water partition coefficient (Wildman–Crippen LogP) is 4.55. The van der Waals surface area contributed by atoms with Crippen molar-refractivity contribution in [3.8, 4) is 11.5 Å². The minimum absolute atomic E-state index is 0.0305. The van der Waals surface area contributed by atoms with E-state index in [1.54, 1.807) is 7.11 Å². The molecule has 1 aliphatic rings. The molecule has 0 aliphatic carbocycles. The van der Waals surface area contributed by atoms with Gasteiger partial charge in [0, 0.05) is 0 Å². The third-order valence-electron chi connectivity index (χ3n) is 5.61. The van der Waals surface area contributed by atoms with Crippen molar-refractivity contribution < 1.29 is 24.1 Å². The Morgan fingerprint density at radius 3 is 2.19 bits per heavy atom. The molecule has 5 heteroatoms. The Kier molecular flexibility index (Phi) is 7.77. The summed E-state index contributed by atoms with van der Waals surface area (Å²) in [7, 11) is 1.65. The molecule has 3 aromatic rings. The summed E-state index contributed by atoms with van der Waals surface area (Å²) in [6, 6.07) is 26.0. The molecule has 3 atom stereocenters. The molecule has 32 heavy (non-hydrogen) atoms. The van der Waals surface area contributed by atoms with E-state index in [1.165, 1.54) is 5.56 Å². The lowest BCUT2D eigenvalue weighted by molar-refractivity contribution is 0.104. The maximum Gasteiger partial charge on any atom is 0.119 e. The lowest BCUT2D eigenvalue weighted by Crippen LogP contribution is -2.19. The number of epoxide rings is 1. The molecular weight excluding hydrogens is 404 g/mol. The molecule has 0 aromatic heterocycles. The minimum Gasteiger partial charge on any atom is -0.497 e. The monoisotopic (exact) mass is 434 g/mol. The Labute approximate surface area is 189 Å². The fourth-order valence-corrected chi connectivity index (χ4v) is 3.62. The zero-order chi connectivity index (χ0) is 22.2. The molecule has 5 nitrogen and oxygen atoms in total. The van der Waals surface area contributed by atoms with Gasteiger partial charge in [-0.1, -0.05) is 54.6 Å².